The van der Waals surface area contributed by atoms with Crippen LogP contribution in [0.4, 0.5) is 0 Å². The summed E-state index contributed by atoms with van der Waals surface area (Å²) < 4.78 is 0. The SMILES string of the molecule is CCCCCCCCCCCCCN(CCCCCCCCCCCCC)C(CCC)C(=O)O. The van der Waals surface area contributed by atoms with Gasteiger partial charge in [-0.1, -0.05) is 156 Å². The zero-order valence-corrected chi connectivity index (χ0v) is 23.8. The normalized spacial score (nSPS) is 12.5. The van der Waals surface area contributed by atoms with Gasteiger partial charge in [-0.15, -0.1) is 0 Å². The summed E-state index contributed by atoms with van der Waals surface area (Å²) in [6.07, 6.45) is 31.3. The van der Waals surface area contributed by atoms with Crippen molar-refractivity contribution in [3.8, 4) is 0 Å². The van der Waals surface area contributed by atoms with Gasteiger partial charge in [-0.25, -0.2) is 0 Å². The quantitative estimate of drug-likeness (QED) is 0.113. The molecule has 3 heteroatoms. The summed E-state index contributed by atoms with van der Waals surface area (Å²) >= 11 is 0. The highest BCUT2D eigenvalue weighted by Gasteiger charge is 2.23. The molecule has 0 aromatic rings. The van der Waals surface area contributed by atoms with Crippen molar-refractivity contribution < 1.29 is 9.90 Å². The molecule has 0 heterocycles. The van der Waals surface area contributed by atoms with Crippen LogP contribution in [0.2, 0.25) is 0 Å². The van der Waals surface area contributed by atoms with Crippen molar-refractivity contribution in [3.05, 3.63) is 0 Å². The van der Waals surface area contributed by atoms with Gasteiger partial charge in [0.15, 0.2) is 0 Å². The lowest BCUT2D eigenvalue weighted by Crippen LogP contribution is -2.42. The molecular weight excluding hydrogens is 418 g/mol. The van der Waals surface area contributed by atoms with Crippen LogP contribution in [0.25, 0.3) is 0 Å². The summed E-state index contributed by atoms with van der Waals surface area (Å²) in [6, 6.07) is -0.281. The Morgan fingerprint density at radius 1 is 0.500 bits per heavy atom. The Labute approximate surface area is 214 Å². The van der Waals surface area contributed by atoms with Gasteiger partial charge in [0.2, 0.25) is 0 Å². The van der Waals surface area contributed by atoms with Crippen LogP contribution in [-0.2, 0) is 4.79 Å². The molecule has 0 bridgehead atoms. The lowest BCUT2D eigenvalue weighted by atomic mass is 10.0. The number of carbonyl (C=O) groups is 1. The molecule has 0 saturated carbocycles. The molecule has 0 amide bonds. The minimum absolute atomic E-state index is 0.281. The molecule has 0 saturated heterocycles. The second-order valence-electron chi connectivity index (χ2n) is 10.7. The Morgan fingerprint density at radius 3 is 1.06 bits per heavy atom. The summed E-state index contributed by atoms with van der Waals surface area (Å²) in [5.41, 5.74) is 0. The minimum atomic E-state index is -0.618. The van der Waals surface area contributed by atoms with E-state index >= 15 is 0 Å². The highest BCUT2D eigenvalue weighted by Crippen LogP contribution is 2.16. The smallest absolute Gasteiger partial charge is 0.320 e. The largest absolute Gasteiger partial charge is 0.480 e. The summed E-state index contributed by atoms with van der Waals surface area (Å²) in [4.78, 5) is 14.2. The van der Waals surface area contributed by atoms with Crippen LogP contribution in [0.5, 0.6) is 0 Å². The predicted molar refractivity (Wildman–Crippen MR) is 151 cm³/mol. The number of aliphatic carboxylic acids is 1. The summed E-state index contributed by atoms with van der Waals surface area (Å²) in [5, 5.41) is 9.79. The fraction of sp³-hybridized carbons (Fsp3) is 0.968. The zero-order chi connectivity index (χ0) is 25.1. The number of hydrogen-bond acceptors (Lipinski definition) is 2. The van der Waals surface area contributed by atoms with E-state index in [1.54, 1.807) is 0 Å². The summed E-state index contributed by atoms with van der Waals surface area (Å²) in [6.45, 7) is 8.59. The molecule has 34 heavy (non-hydrogen) atoms. The number of hydrogen-bond donors (Lipinski definition) is 1. The lowest BCUT2D eigenvalue weighted by Gasteiger charge is -2.29. The third-order valence-electron chi connectivity index (χ3n) is 7.39. The monoisotopic (exact) mass is 481 g/mol. The van der Waals surface area contributed by atoms with Crippen LogP contribution in [0.3, 0.4) is 0 Å². The molecule has 0 rings (SSSR count). The van der Waals surface area contributed by atoms with E-state index in [9.17, 15) is 9.90 Å². The standard InChI is InChI=1S/C31H63NO2/c1-4-7-9-11-13-15-17-19-21-23-25-28-32(30(27-6-3)31(33)34)29-26-24-22-20-18-16-14-12-10-8-5-2/h30H,4-29H2,1-3H3,(H,33,34). The molecule has 0 radical (unpaired) electrons. The summed E-state index contributed by atoms with van der Waals surface area (Å²) in [7, 11) is 0. The van der Waals surface area contributed by atoms with Gasteiger partial charge in [0.05, 0.1) is 0 Å². The van der Waals surface area contributed by atoms with Gasteiger partial charge in [-0.05, 0) is 32.4 Å². The van der Waals surface area contributed by atoms with Gasteiger partial charge >= 0.3 is 5.97 Å². The molecule has 204 valence electrons. The van der Waals surface area contributed by atoms with Crippen molar-refractivity contribution in [3.63, 3.8) is 0 Å². The molecule has 0 spiro atoms. The van der Waals surface area contributed by atoms with Crippen molar-refractivity contribution >= 4 is 5.97 Å². The summed E-state index contributed by atoms with van der Waals surface area (Å²) in [5.74, 6) is -0.618. The topological polar surface area (TPSA) is 40.5 Å². The number of carboxylic acid groups (broad SMARTS) is 1. The lowest BCUT2D eigenvalue weighted by molar-refractivity contribution is -0.143. The minimum Gasteiger partial charge on any atom is -0.480 e. The van der Waals surface area contributed by atoms with Crippen molar-refractivity contribution in [1.29, 1.82) is 0 Å². The van der Waals surface area contributed by atoms with E-state index in [2.05, 4.69) is 25.7 Å². The first-order valence-electron chi connectivity index (χ1n) is 15.6. The molecule has 3 nitrogen and oxygen atoms in total. The molecule has 1 N–H and O–H groups in total. The van der Waals surface area contributed by atoms with Gasteiger partial charge in [-0.3, -0.25) is 9.69 Å². The van der Waals surface area contributed by atoms with Crippen LogP contribution >= 0.6 is 0 Å². The molecule has 0 fully saturated rings. The van der Waals surface area contributed by atoms with Gasteiger partial charge in [0.1, 0.15) is 6.04 Å². The first-order valence-corrected chi connectivity index (χ1v) is 15.6. The number of nitrogens with zero attached hydrogens (tertiary/aromatic N) is 1. The Bertz CT molecular complexity index is 386. The van der Waals surface area contributed by atoms with Crippen LogP contribution in [-0.4, -0.2) is 35.1 Å². The average molecular weight is 482 g/mol. The first-order chi connectivity index (χ1) is 16.7. The maximum atomic E-state index is 11.9. The van der Waals surface area contributed by atoms with Crippen LogP contribution in [0, 0.1) is 0 Å². The molecular formula is C31H63NO2. The average Bonchev–Trinajstić information content (AvgIpc) is 2.83. The third kappa shape index (κ3) is 21.9. The second-order valence-corrected chi connectivity index (χ2v) is 10.7. The van der Waals surface area contributed by atoms with Crippen LogP contribution in [0.1, 0.15) is 175 Å². The number of rotatable bonds is 28. The van der Waals surface area contributed by atoms with Gasteiger partial charge < -0.3 is 5.11 Å². The molecule has 0 aliphatic heterocycles. The van der Waals surface area contributed by atoms with E-state index < -0.39 is 5.97 Å². The van der Waals surface area contributed by atoms with E-state index in [0.29, 0.717) is 0 Å². The molecule has 1 atom stereocenters. The van der Waals surface area contributed by atoms with Gasteiger partial charge in [0.25, 0.3) is 0 Å². The van der Waals surface area contributed by atoms with Crippen molar-refractivity contribution in [1.82, 2.24) is 4.90 Å². The Hall–Kier alpha value is -0.570. The van der Waals surface area contributed by atoms with E-state index in [1.165, 1.54) is 128 Å². The zero-order valence-electron chi connectivity index (χ0n) is 23.8. The van der Waals surface area contributed by atoms with Crippen molar-refractivity contribution in [2.45, 2.75) is 181 Å². The van der Waals surface area contributed by atoms with Crippen LogP contribution in [0.15, 0.2) is 0 Å². The Balaban J connectivity index is 3.96. The van der Waals surface area contributed by atoms with Crippen molar-refractivity contribution in [2.75, 3.05) is 13.1 Å². The van der Waals surface area contributed by atoms with E-state index in [0.717, 1.165) is 38.8 Å². The maximum Gasteiger partial charge on any atom is 0.320 e. The maximum absolute atomic E-state index is 11.9. The van der Waals surface area contributed by atoms with Gasteiger partial charge in [-0.2, -0.15) is 0 Å². The number of carboxylic acids is 1. The molecule has 0 aromatic carbocycles. The predicted octanol–water partition coefficient (Wildman–Crippen LogP) is 10.2. The molecule has 0 aromatic heterocycles. The molecule has 0 aliphatic rings. The fourth-order valence-corrected chi connectivity index (χ4v) is 5.12. The Morgan fingerprint density at radius 2 is 0.794 bits per heavy atom. The second kappa shape index (κ2) is 27.0. The van der Waals surface area contributed by atoms with Crippen LogP contribution < -0.4 is 0 Å². The highest BCUT2D eigenvalue weighted by molar-refractivity contribution is 5.73. The van der Waals surface area contributed by atoms with E-state index in [1.807, 2.05) is 0 Å². The molecule has 0 aliphatic carbocycles. The van der Waals surface area contributed by atoms with Crippen molar-refractivity contribution in [2.24, 2.45) is 0 Å². The Kier molecular flexibility index (Phi) is 26.6. The first kappa shape index (κ1) is 33.4. The van der Waals surface area contributed by atoms with E-state index in [4.69, 9.17) is 0 Å². The third-order valence-corrected chi connectivity index (χ3v) is 7.39. The number of unbranched alkanes of at least 4 members (excludes halogenated alkanes) is 20. The van der Waals surface area contributed by atoms with E-state index in [-0.39, 0.29) is 6.04 Å². The molecule has 1 unspecified atom stereocenters. The highest BCUT2D eigenvalue weighted by atomic mass is 16.4. The fourth-order valence-electron chi connectivity index (χ4n) is 5.12. The van der Waals surface area contributed by atoms with Gasteiger partial charge in [0, 0.05) is 0 Å².